The van der Waals surface area contributed by atoms with Crippen molar-refractivity contribution in [3.05, 3.63) is 101 Å². The predicted molar refractivity (Wildman–Crippen MR) is 155 cm³/mol. The fraction of sp³-hybridized carbons (Fsp3) is 0.344. The van der Waals surface area contributed by atoms with Crippen molar-refractivity contribution in [3.63, 3.8) is 0 Å². The minimum Gasteiger partial charge on any atom is -0.508 e. The summed E-state index contributed by atoms with van der Waals surface area (Å²) < 4.78 is 5.44. The van der Waals surface area contributed by atoms with Crippen molar-refractivity contribution in [1.82, 2.24) is 15.5 Å². The number of phenols is 1. The second-order valence-corrected chi connectivity index (χ2v) is 10.7. The van der Waals surface area contributed by atoms with Gasteiger partial charge in [-0.25, -0.2) is 4.79 Å². The zero-order valence-corrected chi connectivity index (χ0v) is 23.8. The van der Waals surface area contributed by atoms with Crippen LogP contribution >= 0.6 is 0 Å². The minimum absolute atomic E-state index is 0.0939. The van der Waals surface area contributed by atoms with E-state index in [-0.39, 0.29) is 24.6 Å². The van der Waals surface area contributed by atoms with E-state index in [1.165, 1.54) is 17.0 Å². The number of alkyl carbamates (subject to hydrolysis) is 1. The number of rotatable bonds is 10. The minimum atomic E-state index is -1.02. The standard InChI is InChI=1S/C32H39N3O5/c1-6-35(28(25-16-12-22(2)13-17-25)29(37)33-21-24-10-8-7-9-11-24)30(38)27(34-31(39)40-32(3,4)5)20-23-14-18-26(36)19-15-23/h7-19,27-28,36H,6,20-21H2,1-5H3,(H,33,37)(H,34,39). The Labute approximate surface area is 236 Å². The first-order valence-corrected chi connectivity index (χ1v) is 13.4. The molecule has 2 atom stereocenters. The molecule has 0 aliphatic carbocycles. The van der Waals surface area contributed by atoms with Crippen LogP contribution in [0.15, 0.2) is 78.9 Å². The topological polar surface area (TPSA) is 108 Å². The number of hydrogen-bond donors (Lipinski definition) is 3. The maximum atomic E-state index is 14.1. The Hall–Kier alpha value is -4.33. The van der Waals surface area contributed by atoms with Gasteiger partial charge in [0.1, 0.15) is 23.4 Å². The first-order chi connectivity index (χ1) is 19.0. The normalized spacial score (nSPS) is 12.6. The summed E-state index contributed by atoms with van der Waals surface area (Å²) in [5.41, 5.74) is 2.58. The van der Waals surface area contributed by atoms with Gasteiger partial charge in [0, 0.05) is 19.5 Å². The van der Waals surface area contributed by atoms with Crippen LogP contribution in [0.2, 0.25) is 0 Å². The maximum Gasteiger partial charge on any atom is 0.408 e. The Bertz CT molecular complexity index is 1270. The summed E-state index contributed by atoms with van der Waals surface area (Å²) in [6, 6.07) is 21.5. The molecule has 0 heterocycles. The van der Waals surface area contributed by atoms with Gasteiger partial charge < -0.3 is 25.4 Å². The van der Waals surface area contributed by atoms with E-state index in [9.17, 15) is 19.5 Å². The number of carbonyl (C=O) groups excluding carboxylic acids is 3. The van der Waals surface area contributed by atoms with E-state index in [1.54, 1.807) is 39.8 Å². The molecule has 0 aromatic heterocycles. The van der Waals surface area contributed by atoms with Crippen LogP contribution in [0.1, 0.15) is 56.0 Å². The van der Waals surface area contributed by atoms with Gasteiger partial charge in [0.2, 0.25) is 11.8 Å². The summed E-state index contributed by atoms with van der Waals surface area (Å²) in [5, 5.41) is 15.4. The van der Waals surface area contributed by atoms with Crippen molar-refractivity contribution in [2.24, 2.45) is 0 Å². The van der Waals surface area contributed by atoms with Gasteiger partial charge >= 0.3 is 6.09 Å². The molecule has 0 fully saturated rings. The van der Waals surface area contributed by atoms with Crippen LogP contribution < -0.4 is 10.6 Å². The Kier molecular flexibility index (Phi) is 10.3. The highest BCUT2D eigenvalue weighted by Gasteiger charge is 2.35. The van der Waals surface area contributed by atoms with E-state index in [0.29, 0.717) is 12.1 Å². The Morgan fingerprint density at radius 3 is 2.10 bits per heavy atom. The van der Waals surface area contributed by atoms with E-state index in [2.05, 4.69) is 10.6 Å². The van der Waals surface area contributed by atoms with Crippen molar-refractivity contribution in [3.8, 4) is 5.75 Å². The lowest BCUT2D eigenvalue weighted by atomic mass is 9.99. The van der Waals surface area contributed by atoms with Crippen molar-refractivity contribution in [2.75, 3.05) is 6.54 Å². The van der Waals surface area contributed by atoms with Gasteiger partial charge in [-0.1, -0.05) is 72.3 Å². The molecule has 3 N–H and O–H groups in total. The number of aromatic hydroxyl groups is 1. The molecule has 0 aliphatic heterocycles. The van der Waals surface area contributed by atoms with Gasteiger partial charge in [-0.2, -0.15) is 0 Å². The Morgan fingerprint density at radius 2 is 1.52 bits per heavy atom. The zero-order chi connectivity index (χ0) is 29.3. The molecule has 3 aromatic rings. The number of nitrogens with one attached hydrogen (secondary N) is 2. The molecule has 212 valence electrons. The molecule has 3 rings (SSSR count). The van der Waals surface area contributed by atoms with E-state index in [0.717, 1.165) is 16.7 Å². The lowest BCUT2D eigenvalue weighted by Gasteiger charge is -2.34. The highest BCUT2D eigenvalue weighted by molar-refractivity contribution is 5.92. The second-order valence-electron chi connectivity index (χ2n) is 10.7. The zero-order valence-electron chi connectivity index (χ0n) is 23.8. The number of phenolic OH excluding ortho intramolecular Hbond substituents is 1. The molecule has 40 heavy (non-hydrogen) atoms. The number of aryl methyl sites for hydroxylation is 1. The number of likely N-dealkylation sites (N-methyl/N-ethyl adjacent to an activating group) is 1. The van der Waals surface area contributed by atoms with Crippen LogP contribution in [-0.2, 0) is 27.3 Å². The van der Waals surface area contributed by atoms with Gasteiger partial charge in [-0.3, -0.25) is 9.59 Å². The number of nitrogens with zero attached hydrogens (tertiary/aromatic N) is 1. The summed E-state index contributed by atoms with van der Waals surface area (Å²) in [7, 11) is 0. The molecule has 0 saturated heterocycles. The van der Waals surface area contributed by atoms with Gasteiger partial charge in [-0.05, 0) is 63.4 Å². The molecular formula is C32H39N3O5. The quantitative estimate of drug-likeness (QED) is 0.331. The molecule has 8 heteroatoms. The molecule has 3 aromatic carbocycles. The number of hydrogen-bond acceptors (Lipinski definition) is 5. The largest absolute Gasteiger partial charge is 0.508 e. The summed E-state index contributed by atoms with van der Waals surface area (Å²) >= 11 is 0. The van der Waals surface area contributed by atoms with Gasteiger partial charge in [0.25, 0.3) is 0 Å². The Morgan fingerprint density at radius 1 is 0.900 bits per heavy atom. The van der Waals surface area contributed by atoms with Crippen LogP contribution in [0.5, 0.6) is 5.75 Å². The average molecular weight is 546 g/mol. The number of amides is 3. The average Bonchev–Trinajstić information content (AvgIpc) is 2.91. The summed E-state index contributed by atoms with van der Waals surface area (Å²) in [4.78, 5) is 42.1. The van der Waals surface area contributed by atoms with E-state index >= 15 is 0 Å². The summed E-state index contributed by atoms with van der Waals surface area (Å²) in [6.07, 6.45) is -0.595. The predicted octanol–water partition coefficient (Wildman–Crippen LogP) is 5.04. The smallest absolute Gasteiger partial charge is 0.408 e. The number of ether oxygens (including phenoxy) is 1. The van der Waals surface area contributed by atoms with Gasteiger partial charge in [-0.15, -0.1) is 0 Å². The lowest BCUT2D eigenvalue weighted by molar-refractivity contribution is -0.142. The highest BCUT2D eigenvalue weighted by Crippen LogP contribution is 2.24. The van der Waals surface area contributed by atoms with Crippen molar-refractivity contribution >= 4 is 17.9 Å². The third-order valence-corrected chi connectivity index (χ3v) is 6.25. The number of benzene rings is 3. The molecular weight excluding hydrogens is 506 g/mol. The fourth-order valence-electron chi connectivity index (χ4n) is 4.29. The van der Waals surface area contributed by atoms with E-state index in [4.69, 9.17) is 4.74 Å². The first-order valence-electron chi connectivity index (χ1n) is 13.4. The molecule has 0 spiro atoms. The third kappa shape index (κ3) is 8.86. The van der Waals surface area contributed by atoms with Gasteiger partial charge in [0.05, 0.1) is 0 Å². The van der Waals surface area contributed by atoms with Crippen LogP contribution in [0.4, 0.5) is 4.79 Å². The molecule has 0 radical (unpaired) electrons. The molecule has 2 unspecified atom stereocenters. The van der Waals surface area contributed by atoms with Crippen LogP contribution in [0.3, 0.4) is 0 Å². The fourth-order valence-corrected chi connectivity index (χ4v) is 4.29. The summed E-state index contributed by atoms with van der Waals surface area (Å²) in [5.74, 6) is -0.665. The van der Waals surface area contributed by atoms with Crippen LogP contribution in [0, 0.1) is 6.92 Å². The van der Waals surface area contributed by atoms with Crippen molar-refractivity contribution in [1.29, 1.82) is 0 Å². The molecule has 0 saturated carbocycles. The van der Waals surface area contributed by atoms with Crippen molar-refractivity contribution < 1.29 is 24.2 Å². The Balaban J connectivity index is 1.94. The first kappa shape index (κ1) is 30.2. The van der Waals surface area contributed by atoms with E-state index < -0.39 is 29.7 Å². The van der Waals surface area contributed by atoms with Crippen molar-refractivity contribution in [2.45, 2.75) is 65.3 Å². The molecule has 3 amide bonds. The van der Waals surface area contributed by atoms with Gasteiger partial charge in [0.15, 0.2) is 0 Å². The van der Waals surface area contributed by atoms with Crippen LogP contribution in [0.25, 0.3) is 0 Å². The SMILES string of the molecule is CCN(C(=O)C(Cc1ccc(O)cc1)NC(=O)OC(C)(C)C)C(C(=O)NCc1ccccc1)c1ccc(C)cc1. The second kappa shape index (κ2) is 13.6. The van der Waals surface area contributed by atoms with E-state index in [1.807, 2.05) is 61.5 Å². The maximum absolute atomic E-state index is 14.1. The monoisotopic (exact) mass is 545 g/mol. The third-order valence-electron chi connectivity index (χ3n) is 6.25. The highest BCUT2D eigenvalue weighted by atomic mass is 16.6. The molecule has 0 aliphatic rings. The van der Waals surface area contributed by atoms with Crippen LogP contribution in [-0.4, -0.2) is 46.1 Å². The summed E-state index contributed by atoms with van der Waals surface area (Å²) in [6.45, 7) is 9.51. The molecule has 8 nitrogen and oxygen atoms in total. The lowest BCUT2D eigenvalue weighted by Crippen LogP contribution is -2.53. The molecule has 0 bridgehead atoms. The number of carbonyl (C=O) groups is 3.